The number of benzene rings is 1. The summed E-state index contributed by atoms with van der Waals surface area (Å²) in [6.07, 6.45) is 0.136. The number of rotatable bonds is 7. The second-order valence-electron chi connectivity index (χ2n) is 3.90. The lowest BCUT2D eigenvalue weighted by Gasteiger charge is -2.06. The van der Waals surface area contributed by atoms with Crippen LogP contribution < -0.4 is 9.86 Å². The van der Waals surface area contributed by atoms with E-state index in [0.717, 1.165) is 5.56 Å². The van der Waals surface area contributed by atoms with Gasteiger partial charge in [-0.2, -0.15) is 0 Å². The summed E-state index contributed by atoms with van der Waals surface area (Å²) in [5, 5.41) is 5.47. The van der Waals surface area contributed by atoms with Gasteiger partial charge in [0.15, 0.2) is 0 Å². The molecule has 108 valence electrons. The highest BCUT2D eigenvalue weighted by Crippen LogP contribution is 2.12. The SMILES string of the molecule is NS(=O)(=O)CCCNS(=O)(=O)c1ccc(CBr)cc1. The fourth-order valence-corrected chi connectivity index (χ4v) is 3.32. The number of alkyl halides is 1. The number of hydrogen-bond acceptors (Lipinski definition) is 4. The molecule has 0 aliphatic carbocycles. The van der Waals surface area contributed by atoms with Crippen LogP contribution in [0.4, 0.5) is 0 Å². The zero-order valence-electron chi connectivity index (χ0n) is 10.0. The van der Waals surface area contributed by atoms with Crippen molar-refractivity contribution in [1.82, 2.24) is 4.72 Å². The fourth-order valence-electron chi connectivity index (χ4n) is 1.32. The molecule has 3 N–H and O–H groups in total. The zero-order valence-corrected chi connectivity index (χ0v) is 13.3. The van der Waals surface area contributed by atoms with Gasteiger partial charge in [-0.3, -0.25) is 0 Å². The molecule has 6 nitrogen and oxygen atoms in total. The molecule has 0 saturated heterocycles. The van der Waals surface area contributed by atoms with Crippen LogP contribution in [0.3, 0.4) is 0 Å². The zero-order chi connectivity index (χ0) is 14.5. The Morgan fingerprint density at radius 3 is 2.16 bits per heavy atom. The Labute approximate surface area is 121 Å². The number of primary sulfonamides is 1. The Balaban J connectivity index is 2.60. The van der Waals surface area contributed by atoms with Gasteiger partial charge in [-0.25, -0.2) is 26.7 Å². The third-order valence-electron chi connectivity index (χ3n) is 2.29. The van der Waals surface area contributed by atoms with E-state index in [1.165, 1.54) is 12.1 Å². The number of nitrogens with one attached hydrogen (secondary N) is 1. The van der Waals surface area contributed by atoms with Crippen molar-refractivity contribution < 1.29 is 16.8 Å². The van der Waals surface area contributed by atoms with Gasteiger partial charge in [-0.1, -0.05) is 28.1 Å². The van der Waals surface area contributed by atoms with Gasteiger partial charge in [0.2, 0.25) is 20.0 Å². The highest BCUT2D eigenvalue weighted by atomic mass is 79.9. The van der Waals surface area contributed by atoms with E-state index in [1.807, 2.05) is 0 Å². The van der Waals surface area contributed by atoms with Gasteiger partial charge in [-0.15, -0.1) is 0 Å². The molecule has 0 saturated carbocycles. The van der Waals surface area contributed by atoms with Crippen LogP contribution in [0.5, 0.6) is 0 Å². The Bertz CT molecular complexity index is 611. The van der Waals surface area contributed by atoms with Crippen LogP contribution in [0.25, 0.3) is 0 Å². The van der Waals surface area contributed by atoms with Crippen molar-refractivity contribution in [3.8, 4) is 0 Å². The predicted molar refractivity (Wildman–Crippen MR) is 76.9 cm³/mol. The first-order chi connectivity index (χ1) is 8.74. The van der Waals surface area contributed by atoms with E-state index in [2.05, 4.69) is 20.7 Å². The minimum Gasteiger partial charge on any atom is -0.229 e. The molecule has 0 heterocycles. The molecule has 0 amide bonds. The largest absolute Gasteiger partial charge is 0.240 e. The van der Waals surface area contributed by atoms with E-state index < -0.39 is 20.0 Å². The van der Waals surface area contributed by atoms with E-state index in [1.54, 1.807) is 12.1 Å². The van der Waals surface area contributed by atoms with Gasteiger partial charge in [0.1, 0.15) is 0 Å². The fraction of sp³-hybridized carbons (Fsp3) is 0.400. The van der Waals surface area contributed by atoms with Crippen molar-refractivity contribution in [2.75, 3.05) is 12.3 Å². The predicted octanol–water partition coefficient (Wildman–Crippen LogP) is 0.538. The second kappa shape index (κ2) is 6.80. The monoisotopic (exact) mass is 370 g/mol. The molecule has 0 radical (unpaired) electrons. The molecule has 0 aliphatic rings. The van der Waals surface area contributed by atoms with Crippen LogP contribution in [0.15, 0.2) is 29.2 Å². The van der Waals surface area contributed by atoms with Crippen LogP contribution in [0.2, 0.25) is 0 Å². The number of nitrogens with two attached hydrogens (primary N) is 1. The highest BCUT2D eigenvalue weighted by molar-refractivity contribution is 9.08. The average Bonchev–Trinajstić information content (AvgIpc) is 2.34. The summed E-state index contributed by atoms with van der Waals surface area (Å²) in [6, 6.07) is 6.40. The van der Waals surface area contributed by atoms with E-state index in [9.17, 15) is 16.8 Å². The molecular weight excluding hydrogens is 356 g/mol. The third-order valence-corrected chi connectivity index (χ3v) is 5.27. The molecule has 9 heteroatoms. The van der Waals surface area contributed by atoms with Crippen molar-refractivity contribution in [2.24, 2.45) is 5.14 Å². The number of sulfonamides is 2. The topological polar surface area (TPSA) is 106 Å². The quantitative estimate of drug-likeness (QED) is 0.539. The standard InChI is InChI=1S/C10H15BrN2O4S2/c11-8-9-2-4-10(5-3-9)19(16,17)13-6-1-7-18(12,14)15/h2-5,13H,1,6-8H2,(H2,12,14,15). The molecule has 0 spiro atoms. The third kappa shape index (κ3) is 6.00. The first-order valence-electron chi connectivity index (χ1n) is 5.40. The Morgan fingerprint density at radius 2 is 1.68 bits per heavy atom. The van der Waals surface area contributed by atoms with Crippen LogP contribution in [0, 0.1) is 0 Å². The Hall–Kier alpha value is -0.480. The molecule has 0 atom stereocenters. The minimum absolute atomic E-state index is 0.0267. The summed E-state index contributed by atoms with van der Waals surface area (Å²) < 4.78 is 47.4. The second-order valence-corrected chi connectivity index (χ2v) is 7.96. The maximum atomic E-state index is 11.9. The summed E-state index contributed by atoms with van der Waals surface area (Å²) >= 11 is 3.27. The van der Waals surface area contributed by atoms with E-state index in [4.69, 9.17) is 5.14 Å². The highest BCUT2D eigenvalue weighted by Gasteiger charge is 2.13. The molecular formula is C10H15BrN2O4S2. The molecule has 0 bridgehead atoms. The first-order valence-corrected chi connectivity index (χ1v) is 9.72. The summed E-state index contributed by atoms with van der Waals surface area (Å²) in [5.41, 5.74) is 0.966. The van der Waals surface area contributed by atoms with E-state index in [-0.39, 0.29) is 23.6 Å². The van der Waals surface area contributed by atoms with Crippen molar-refractivity contribution >= 4 is 36.0 Å². The van der Waals surface area contributed by atoms with Crippen LogP contribution in [0.1, 0.15) is 12.0 Å². The van der Waals surface area contributed by atoms with E-state index in [0.29, 0.717) is 5.33 Å². The van der Waals surface area contributed by atoms with E-state index >= 15 is 0 Å². The van der Waals surface area contributed by atoms with Crippen molar-refractivity contribution in [3.05, 3.63) is 29.8 Å². The summed E-state index contributed by atoms with van der Waals surface area (Å²) in [7, 11) is -7.16. The van der Waals surface area contributed by atoms with Crippen LogP contribution >= 0.6 is 15.9 Å². The smallest absolute Gasteiger partial charge is 0.229 e. The molecule has 1 rings (SSSR count). The number of halogens is 1. The molecule has 1 aromatic carbocycles. The van der Waals surface area contributed by atoms with Gasteiger partial charge in [0.05, 0.1) is 10.6 Å². The van der Waals surface area contributed by atoms with Gasteiger partial charge >= 0.3 is 0 Å². The molecule has 1 aromatic rings. The van der Waals surface area contributed by atoms with Gasteiger partial charge in [-0.05, 0) is 24.1 Å². The summed E-state index contributed by atoms with van der Waals surface area (Å²) in [5.74, 6) is -0.252. The van der Waals surface area contributed by atoms with Crippen LogP contribution in [-0.2, 0) is 25.4 Å². The van der Waals surface area contributed by atoms with Crippen molar-refractivity contribution in [2.45, 2.75) is 16.6 Å². The maximum Gasteiger partial charge on any atom is 0.240 e. The lowest BCUT2D eigenvalue weighted by atomic mass is 10.2. The van der Waals surface area contributed by atoms with Crippen LogP contribution in [-0.4, -0.2) is 29.1 Å². The molecule has 0 aromatic heterocycles. The van der Waals surface area contributed by atoms with Crippen molar-refractivity contribution in [3.63, 3.8) is 0 Å². The summed E-state index contributed by atoms with van der Waals surface area (Å²) in [4.78, 5) is 0.146. The average molecular weight is 371 g/mol. The minimum atomic E-state index is -3.60. The molecule has 19 heavy (non-hydrogen) atoms. The Morgan fingerprint density at radius 1 is 1.11 bits per heavy atom. The van der Waals surface area contributed by atoms with Gasteiger partial charge in [0.25, 0.3) is 0 Å². The first kappa shape index (κ1) is 16.6. The molecule has 0 fully saturated rings. The lowest BCUT2D eigenvalue weighted by Crippen LogP contribution is -2.27. The van der Waals surface area contributed by atoms with Crippen molar-refractivity contribution in [1.29, 1.82) is 0 Å². The number of hydrogen-bond donors (Lipinski definition) is 2. The summed E-state index contributed by atoms with van der Waals surface area (Å²) in [6.45, 7) is 0.0267. The van der Waals surface area contributed by atoms with Gasteiger partial charge < -0.3 is 0 Å². The van der Waals surface area contributed by atoms with Gasteiger partial charge in [0, 0.05) is 11.9 Å². The normalized spacial score (nSPS) is 12.5. The molecule has 0 unspecified atom stereocenters. The molecule has 0 aliphatic heterocycles. The lowest BCUT2D eigenvalue weighted by molar-refractivity contribution is 0.576. The Kier molecular flexibility index (Phi) is 5.93. The maximum absolute atomic E-state index is 11.9.